The van der Waals surface area contributed by atoms with Gasteiger partial charge in [0.15, 0.2) is 0 Å². The molecule has 2 aromatic carbocycles. The molecule has 0 radical (unpaired) electrons. The van der Waals surface area contributed by atoms with Gasteiger partial charge in [-0.1, -0.05) is 44.2 Å². The zero-order valence-corrected chi connectivity index (χ0v) is 12.9. The minimum Gasteiger partial charge on any atom is -0.474 e. The maximum absolute atomic E-state index is 5.85. The van der Waals surface area contributed by atoms with E-state index in [9.17, 15) is 0 Å². The molecule has 3 rings (SSSR count). The number of hydrogen-bond donors (Lipinski definition) is 0. The summed E-state index contributed by atoms with van der Waals surface area (Å²) in [6.45, 7) is 8.26. The van der Waals surface area contributed by atoms with Gasteiger partial charge in [-0.3, -0.25) is 0 Å². The molecule has 0 spiro atoms. The highest BCUT2D eigenvalue weighted by Crippen LogP contribution is 2.29. The quantitative estimate of drug-likeness (QED) is 0.653. The molecule has 0 aliphatic carbocycles. The van der Waals surface area contributed by atoms with Gasteiger partial charge in [0.2, 0.25) is 5.88 Å². The number of benzene rings is 2. The molecule has 0 bridgehead atoms. The van der Waals surface area contributed by atoms with Crippen LogP contribution in [0.1, 0.15) is 39.3 Å². The average molecular weight is 280 g/mol. The molecule has 0 saturated carbocycles. The summed E-state index contributed by atoms with van der Waals surface area (Å²) in [5.41, 5.74) is 2.76. The van der Waals surface area contributed by atoms with Crippen molar-refractivity contribution in [2.75, 3.05) is 0 Å². The topological polar surface area (TPSA) is 35.0 Å². The van der Waals surface area contributed by atoms with E-state index in [4.69, 9.17) is 14.7 Å². The van der Waals surface area contributed by atoms with Crippen molar-refractivity contribution in [3.05, 3.63) is 42.1 Å². The van der Waals surface area contributed by atoms with Gasteiger partial charge in [0.1, 0.15) is 5.69 Å². The molecule has 108 valence electrons. The molecule has 1 aromatic heterocycles. The third-order valence-electron chi connectivity index (χ3n) is 3.45. The Bertz CT molecular complexity index is 794. The van der Waals surface area contributed by atoms with Crippen LogP contribution in [0, 0.1) is 0 Å². The summed E-state index contributed by atoms with van der Waals surface area (Å²) >= 11 is 0. The van der Waals surface area contributed by atoms with Crippen LogP contribution in [0.2, 0.25) is 0 Å². The smallest absolute Gasteiger partial charge is 0.236 e. The molecule has 0 fully saturated rings. The third-order valence-corrected chi connectivity index (χ3v) is 3.45. The Morgan fingerprint density at radius 1 is 0.905 bits per heavy atom. The minimum atomic E-state index is 0.0923. The van der Waals surface area contributed by atoms with Crippen molar-refractivity contribution in [2.45, 2.75) is 39.7 Å². The second-order valence-corrected chi connectivity index (χ2v) is 5.89. The first kappa shape index (κ1) is 13.8. The lowest BCUT2D eigenvalue weighted by Crippen LogP contribution is -2.11. The van der Waals surface area contributed by atoms with Gasteiger partial charge in [-0.2, -0.15) is 0 Å². The number of ether oxygens (including phenoxy) is 1. The van der Waals surface area contributed by atoms with Gasteiger partial charge in [0, 0.05) is 11.3 Å². The van der Waals surface area contributed by atoms with Crippen LogP contribution in [-0.4, -0.2) is 16.1 Å². The van der Waals surface area contributed by atoms with Crippen LogP contribution in [0.4, 0.5) is 0 Å². The van der Waals surface area contributed by atoms with Gasteiger partial charge in [-0.25, -0.2) is 9.97 Å². The Hall–Kier alpha value is -2.16. The largest absolute Gasteiger partial charge is 0.474 e. The van der Waals surface area contributed by atoms with Gasteiger partial charge in [0.25, 0.3) is 0 Å². The van der Waals surface area contributed by atoms with Crippen LogP contribution in [0.15, 0.2) is 36.4 Å². The van der Waals surface area contributed by atoms with Crippen LogP contribution in [0.5, 0.6) is 5.88 Å². The fourth-order valence-electron chi connectivity index (χ4n) is 2.47. The lowest BCUT2D eigenvalue weighted by molar-refractivity contribution is 0.228. The second-order valence-electron chi connectivity index (χ2n) is 5.89. The maximum Gasteiger partial charge on any atom is 0.236 e. The van der Waals surface area contributed by atoms with Crippen LogP contribution < -0.4 is 4.74 Å². The Morgan fingerprint density at radius 2 is 1.67 bits per heavy atom. The van der Waals surface area contributed by atoms with E-state index in [1.807, 2.05) is 32.0 Å². The summed E-state index contributed by atoms with van der Waals surface area (Å²) < 4.78 is 5.85. The van der Waals surface area contributed by atoms with E-state index < -0.39 is 0 Å². The van der Waals surface area contributed by atoms with E-state index in [0.29, 0.717) is 5.88 Å². The Morgan fingerprint density at radius 3 is 2.38 bits per heavy atom. The molecule has 0 saturated heterocycles. The first-order valence-electron chi connectivity index (χ1n) is 7.42. The second kappa shape index (κ2) is 5.32. The van der Waals surface area contributed by atoms with E-state index in [1.165, 1.54) is 5.39 Å². The summed E-state index contributed by atoms with van der Waals surface area (Å²) in [7, 11) is 0. The molecule has 1 heterocycles. The standard InChI is InChI=1S/C18H20N2O/c1-11(2)16-18(21-12(3)4)19-15-10-9-13-7-5-6-8-14(13)17(15)20-16/h5-12H,1-4H3. The summed E-state index contributed by atoms with van der Waals surface area (Å²) in [6, 6.07) is 12.4. The highest BCUT2D eigenvalue weighted by molar-refractivity contribution is 6.03. The summed E-state index contributed by atoms with van der Waals surface area (Å²) in [5, 5.41) is 2.33. The zero-order chi connectivity index (χ0) is 15.0. The van der Waals surface area contributed by atoms with Gasteiger partial charge in [-0.05, 0) is 25.3 Å². The Kier molecular flexibility index (Phi) is 3.50. The van der Waals surface area contributed by atoms with E-state index in [2.05, 4.69) is 32.0 Å². The number of rotatable bonds is 3. The highest BCUT2D eigenvalue weighted by atomic mass is 16.5. The van der Waals surface area contributed by atoms with E-state index in [0.717, 1.165) is 22.1 Å². The maximum atomic E-state index is 5.85. The number of nitrogens with zero attached hydrogens (tertiary/aromatic N) is 2. The normalized spacial score (nSPS) is 11.7. The third kappa shape index (κ3) is 2.56. The van der Waals surface area contributed by atoms with Gasteiger partial charge < -0.3 is 4.74 Å². The number of fused-ring (bicyclic) bond motifs is 3. The molecule has 0 unspecified atom stereocenters. The van der Waals surface area contributed by atoms with Crippen LogP contribution in [0.3, 0.4) is 0 Å². The number of aromatic nitrogens is 2. The molecule has 21 heavy (non-hydrogen) atoms. The van der Waals surface area contributed by atoms with E-state index >= 15 is 0 Å². The zero-order valence-electron chi connectivity index (χ0n) is 12.9. The summed E-state index contributed by atoms with van der Waals surface area (Å²) in [5.74, 6) is 0.928. The van der Waals surface area contributed by atoms with Crippen molar-refractivity contribution in [1.82, 2.24) is 9.97 Å². The van der Waals surface area contributed by atoms with Crippen molar-refractivity contribution >= 4 is 21.8 Å². The van der Waals surface area contributed by atoms with Crippen LogP contribution in [-0.2, 0) is 0 Å². The van der Waals surface area contributed by atoms with Crippen molar-refractivity contribution < 1.29 is 4.74 Å². The van der Waals surface area contributed by atoms with Gasteiger partial charge >= 0.3 is 0 Å². The predicted molar refractivity (Wildman–Crippen MR) is 86.9 cm³/mol. The molecule has 0 N–H and O–H groups in total. The summed E-state index contributed by atoms with van der Waals surface area (Å²) in [6.07, 6.45) is 0.0923. The molecular formula is C18H20N2O. The minimum absolute atomic E-state index is 0.0923. The summed E-state index contributed by atoms with van der Waals surface area (Å²) in [4.78, 5) is 9.57. The lowest BCUT2D eigenvalue weighted by atomic mass is 10.1. The molecule has 3 heteroatoms. The van der Waals surface area contributed by atoms with E-state index in [1.54, 1.807) is 0 Å². The average Bonchev–Trinajstić information content (AvgIpc) is 2.45. The SMILES string of the molecule is CC(C)Oc1nc2ccc3ccccc3c2nc1C(C)C. The highest BCUT2D eigenvalue weighted by Gasteiger charge is 2.15. The van der Waals surface area contributed by atoms with Crippen LogP contribution >= 0.6 is 0 Å². The molecular weight excluding hydrogens is 260 g/mol. The Labute approximate surface area is 125 Å². The van der Waals surface area contributed by atoms with Crippen molar-refractivity contribution in [3.8, 4) is 5.88 Å². The van der Waals surface area contributed by atoms with Crippen molar-refractivity contribution in [1.29, 1.82) is 0 Å². The molecule has 0 atom stereocenters. The first-order chi connectivity index (χ1) is 10.1. The van der Waals surface area contributed by atoms with Gasteiger partial charge in [0.05, 0.1) is 17.1 Å². The van der Waals surface area contributed by atoms with Crippen LogP contribution in [0.25, 0.3) is 21.8 Å². The predicted octanol–water partition coefficient (Wildman–Crippen LogP) is 4.69. The first-order valence-corrected chi connectivity index (χ1v) is 7.42. The van der Waals surface area contributed by atoms with Crippen molar-refractivity contribution in [3.63, 3.8) is 0 Å². The fourth-order valence-corrected chi connectivity index (χ4v) is 2.47. The van der Waals surface area contributed by atoms with Gasteiger partial charge in [-0.15, -0.1) is 0 Å². The van der Waals surface area contributed by atoms with Crippen molar-refractivity contribution in [2.24, 2.45) is 0 Å². The molecule has 3 aromatic rings. The lowest BCUT2D eigenvalue weighted by Gasteiger charge is -2.16. The molecule has 0 aliphatic heterocycles. The monoisotopic (exact) mass is 280 g/mol. The Balaban J connectivity index is 2.31. The number of hydrogen-bond acceptors (Lipinski definition) is 3. The molecule has 0 aliphatic rings. The molecule has 0 amide bonds. The molecule has 3 nitrogen and oxygen atoms in total. The van der Waals surface area contributed by atoms with E-state index in [-0.39, 0.29) is 12.0 Å². The fraction of sp³-hybridized carbons (Fsp3) is 0.333.